The molecule has 3 nitrogen and oxygen atoms in total. The number of quaternary nitrogens is 1. The van der Waals surface area contributed by atoms with E-state index in [2.05, 4.69) is 0 Å². The van der Waals surface area contributed by atoms with E-state index in [0.717, 1.165) is 11.4 Å². The minimum atomic E-state index is -0.443. The molecule has 0 amide bonds. The number of hydrogen-bond donors (Lipinski definition) is 2. The molecule has 1 saturated heterocycles. The SMILES string of the molecule is CC[NH+]1C(O)COCC1Cl.[Cl-]. The van der Waals surface area contributed by atoms with Crippen molar-refractivity contribution in [1.82, 2.24) is 0 Å². The number of alkyl halides is 1. The first kappa shape index (κ1) is 11.5. The lowest BCUT2D eigenvalue weighted by molar-refractivity contribution is -0.965. The van der Waals surface area contributed by atoms with Crippen molar-refractivity contribution in [1.29, 1.82) is 0 Å². The second-order valence-corrected chi connectivity index (χ2v) is 2.98. The number of rotatable bonds is 1. The van der Waals surface area contributed by atoms with Crippen molar-refractivity contribution in [2.75, 3.05) is 19.8 Å². The Labute approximate surface area is 77.7 Å². The van der Waals surface area contributed by atoms with Crippen LogP contribution in [0.25, 0.3) is 0 Å². The Morgan fingerprint density at radius 3 is 2.64 bits per heavy atom. The molecule has 68 valence electrons. The molecule has 0 spiro atoms. The number of morpholine rings is 1. The van der Waals surface area contributed by atoms with E-state index < -0.39 is 6.23 Å². The minimum Gasteiger partial charge on any atom is -1.00 e. The summed E-state index contributed by atoms with van der Waals surface area (Å²) in [6.07, 6.45) is -0.443. The van der Waals surface area contributed by atoms with Gasteiger partial charge in [0.15, 0.2) is 5.50 Å². The number of ether oxygens (including phenoxy) is 1. The van der Waals surface area contributed by atoms with Crippen molar-refractivity contribution in [2.45, 2.75) is 18.7 Å². The molecule has 1 heterocycles. The summed E-state index contributed by atoms with van der Waals surface area (Å²) in [5.74, 6) is 0. The van der Waals surface area contributed by atoms with Crippen LogP contribution in [-0.4, -0.2) is 36.6 Å². The second-order valence-electron chi connectivity index (χ2n) is 2.45. The quantitative estimate of drug-likeness (QED) is 0.334. The molecule has 0 radical (unpaired) electrons. The van der Waals surface area contributed by atoms with E-state index in [9.17, 15) is 5.11 Å². The first-order valence-corrected chi connectivity index (χ1v) is 3.94. The minimum absolute atomic E-state index is 0. The van der Waals surface area contributed by atoms with Crippen LogP contribution in [0.4, 0.5) is 0 Å². The van der Waals surface area contributed by atoms with Crippen LogP contribution in [0.1, 0.15) is 6.92 Å². The first-order valence-electron chi connectivity index (χ1n) is 3.51. The Morgan fingerprint density at radius 1 is 1.64 bits per heavy atom. The molecule has 3 atom stereocenters. The summed E-state index contributed by atoms with van der Waals surface area (Å²) in [5, 5.41) is 9.29. The van der Waals surface area contributed by atoms with Crippen molar-refractivity contribution in [3.63, 3.8) is 0 Å². The Hall–Kier alpha value is 0.460. The molecular formula is C6H13Cl2NO2. The summed E-state index contributed by atoms with van der Waals surface area (Å²) in [6.45, 7) is 3.80. The summed E-state index contributed by atoms with van der Waals surface area (Å²) >= 11 is 5.86. The van der Waals surface area contributed by atoms with Gasteiger partial charge < -0.3 is 22.3 Å². The number of hydrogen-bond acceptors (Lipinski definition) is 2. The second kappa shape index (κ2) is 5.17. The summed E-state index contributed by atoms with van der Waals surface area (Å²) in [6, 6.07) is 0. The van der Waals surface area contributed by atoms with E-state index in [-0.39, 0.29) is 17.9 Å². The van der Waals surface area contributed by atoms with Gasteiger partial charge in [0.2, 0.25) is 6.23 Å². The molecule has 11 heavy (non-hydrogen) atoms. The molecule has 3 unspecified atom stereocenters. The molecular weight excluding hydrogens is 189 g/mol. The van der Waals surface area contributed by atoms with Gasteiger partial charge in [-0.3, -0.25) is 4.90 Å². The van der Waals surface area contributed by atoms with Crippen molar-refractivity contribution in [2.24, 2.45) is 0 Å². The van der Waals surface area contributed by atoms with Crippen LogP contribution in [-0.2, 0) is 4.74 Å². The number of aliphatic hydroxyl groups is 1. The van der Waals surface area contributed by atoms with Crippen LogP contribution in [0, 0.1) is 0 Å². The first-order chi connectivity index (χ1) is 4.75. The van der Waals surface area contributed by atoms with Crippen molar-refractivity contribution >= 4 is 11.6 Å². The summed E-state index contributed by atoms with van der Waals surface area (Å²) in [4.78, 5) is 1.01. The van der Waals surface area contributed by atoms with Crippen LogP contribution in [0.2, 0.25) is 0 Å². The number of aliphatic hydroxyl groups excluding tert-OH is 1. The molecule has 0 aliphatic carbocycles. The van der Waals surface area contributed by atoms with Crippen LogP contribution in [0.3, 0.4) is 0 Å². The Kier molecular flexibility index (Phi) is 5.38. The molecule has 0 saturated carbocycles. The highest BCUT2D eigenvalue weighted by Gasteiger charge is 2.30. The zero-order valence-corrected chi connectivity index (χ0v) is 7.90. The highest BCUT2D eigenvalue weighted by atomic mass is 35.5. The average molecular weight is 202 g/mol. The third kappa shape index (κ3) is 2.76. The molecule has 1 aliphatic heterocycles. The summed E-state index contributed by atoms with van der Waals surface area (Å²) in [5.41, 5.74) is -0.0891. The fourth-order valence-corrected chi connectivity index (χ4v) is 1.55. The average Bonchev–Trinajstić information content (AvgIpc) is 1.88. The van der Waals surface area contributed by atoms with Gasteiger partial charge in [-0.05, 0) is 6.92 Å². The lowest BCUT2D eigenvalue weighted by Gasteiger charge is -2.31. The third-order valence-corrected chi connectivity index (χ3v) is 2.18. The maximum atomic E-state index is 9.29. The zero-order valence-electron chi connectivity index (χ0n) is 6.39. The van der Waals surface area contributed by atoms with Crippen molar-refractivity contribution in [3.8, 4) is 0 Å². The Bertz CT molecular complexity index is 105. The Morgan fingerprint density at radius 2 is 2.27 bits per heavy atom. The van der Waals surface area contributed by atoms with Crippen molar-refractivity contribution in [3.05, 3.63) is 0 Å². The highest BCUT2D eigenvalue weighted by molar-refractivity contribution is 6.19. The molecule has 0 aromatic rings. The van der Waals surface area contributed by atoms with Gasteiger partial charge >= 0.3 is 0 Å². The van der Waals surface area contributed by atoms with E-state index in [4.69, 9.17) is 16.3 Å². The summed E-state index contributed by atoms with van der Waals surface area (Å²) in [7, 11) is 0. The van der Waals surface area contributed by atoms with Crippen LogP contribution in [0.5, 0.6) is 0 Å². The Balaban J connectivity index is 0.000001000. The van der Waals surface area contributed by atoms with Gasteiger partial charge in [0.1, 0.15) is 13.2 Å². The molecule has 0 bridgehead atoms. The maximum absolute atomic E-state index is 9.29. The van der Waals surface area contributed by atoms with E-state index in [0.29, 0.717) is 13.2 Å². The largest absolute Gasteiger partial charge is 1.00 e. The van der Waals surface area contributed by atoms with E-state index >= 15 is 0 Å². The van der Waals surface area contributed by atoms with E-state index in [1.807, 2.05) is 6.92 Å². The normalized spacial score (nSPS) is 37.9. The van der Waals surface area contributed by atoms with E-state index in [1.54, 1.807) is 0 Å². The van der Waals surface area contributed by atoms with Crippen LogP contribution in [0.15, 0.2) is 0 Å². The van der Waals surface area contributed by atoms with Gasteiger partial charge in [-0.15, -0.1) is 0 Å². The smallest absolute Gasteiger partial charge is 0.214 e. The molecule has 1 aliphatic rings. The standard InChI is InChI=1S/C6H12ClNO2.ClH/c1-2-8-5(7)3-10-4-6(8)9;/h5-6,9H,2-4H2,1H3;1H. The maximum Gasteiger partial charge on any atom is 0.214 e. The zero-order chi connectivity index (χ0) is 7.56. The van der Waals surface area contributed by atoms with Gasteiger partial charge in [0.05, 0.1) is 6.54 Å². The lowest BCUT2D eigenvalue weighted by Crippen LogP contribution is -3.20. The molecule has 5 heteroatoms. The van der Waals surface area contributed by atoms with Gasteiger partial charge in [0, 0.05) is 0 Å². The molecule has 1 rings (SSSR count). The third-order valence-electron chi connectivity index (χ3n) is 1.78. The van der Waals surface area contributed by atoms with Crippen LogP contribution < -0.4 is 17.3 Å². The topological polar surface area (TPSA) is 33.9 Å². The molecule has 2 N–H and O–H groups in total. The molecule has 0 aromatic heterocycles. The van der Waals surface area contributed by atoms with Crippen molar-refractivity contribution < 1.29 is 27.2 Å². The number of likely N-dealkylation sites (N-methyl/N-ethyl adjacent to an activating group) is 1. The predicted octanol–water partition coefficient (Wildman–Crippen LogP) is -4.19. The fraction of sp³-hybridized carbons (Fsp3) is 1.00. The van der Waals surface area contributed by atoms with Gasteiger partial charge in [-0.2, -0.15) is 0 Å². The van der Waals surface area contributed by atoms with Crippen LogP contribution >= 0.6 is 11.6 Å². The molecule has 1 fully saturated rings. The number of halogens is 2. The lowest BCUT2D eigenvalue weighted by atomic mass is 10.4. The van der Waals surface area contributed by atoms with Gasteiger partial charge in [0.25, 0.3) is 0 Å². The molecule has 0 aromatic carbocycles. The number of nitrogens with one attached hydrogen (secondary N) is 1. The fourth-order valence-electron chi connectivity index (χ4n) is 1.16. The predicted molar refractivity (Wildman–Crippen MR) is 38.0 cm³/mol. The monoisotopic (exact) mass is 201 g/mol. The highest BCUT2D eigenvalue weighted by Crippen LogP contribution is 1.94. The van der Waals surface area contributed by atoms with Gasteiger partial charge in [-0.25, -0.2) is 0 Å². The summed E-state index contributed by atoms with van der Waals surface area (Å²) < 4.78 is 5.02. The van der Waals surface area contributed by atoms with E-state index in [1.165, 1.54) is 0 Å². The van der Waals surface area contributed by atoms with Gasteiger partial charge in [-0.1, -0.05) is 11.6 Å².